The van der Waals surface area contributed by atoms with Crippen LogP contribution < -0.4 is 10.2 Å². The highest BCUT2D eigenvalue weighted by Crippen LogP contribution is 2.31. The van der Waals surface area contributed by atoms with Gasteiger partial charge in [0.05, 0.1) is 10.6 Å². The van der Waals surface area contributed by atoms with E-state index in [0.717, 1.165) is 37.3 Å². The Balaban J connectivity index is 1.65. The molecule has 0 unspecified atom stereocenters. The molecule has 0 aromatic heterocycles. The summed E-state index contributed by atoms with van der Waals surface area (Å²) in [4.78, 5) is 50.3. The minimum atomic E-state index is -0.973. The van der Waals surface area contributed by atoms with Gasteiger partial charge in [0.2, 0.25) is 0 Å². The number of benzene rings is 4. The van der Waals surface area contributed by atoms with E-state index in [-0.39, 0.29) is 16.9 Å². The first-order valence-electron chi connectivity index (χ1n) is 11.2. The lowest BCUT2D eigenvalue weighted by atomic mass is 9.92. The maximum atomic E-state index is 13.5. The summed E-state index contributed by atoms with van der Waals surface area (Å²) < 4.78 is 0.927. The van der Waals surface area contributed by atoms with E-state index in [1.54, 1.807) is 0 Å². The molecule has 182 valence electrons. The Bertz CT molecular complexity index is 1650. The van der Waals surface area contributed by atoms with Crippen molar-refractivity contribution in [3.63, 3.8) is 0 Å². The smallest absolute Gasteiger partial charge is 0.273 e. The molecule has 1 aliphatic heterocycles. The van der Waals surface area contributed by atoms with Crippen LogP contribution >= 0.6 is 15.9 Å². The number of non-ortho nitro benzene ring substituents is 1. The van der Waals surface area contributed by atoms with Gasteiger partial charge in [0.1, 0.15) is 5.57 Å². The first-order chi connectivity index (χ1) is 17.8. The Morgan fingerprint density at radius 3 is 2.43 bits per heavy atom. The topological polar surface area (TPSA) is 110 Å². The predicted octanol–water partition coefficient (Wildman–Crippen LogP) is 5.77. The first-order valence-corrected chi connectivity index (χ1v) is 12.0. The number of amides is 4. The zero-order valence-corrected chi connectivity index (χ0v) is 20.8. The number of barbiturate groups is 1. The van der Waals surface area contributed by atoms with Crippen LogP contribution in [0.15, 0.2) is 95.0 Å². The van der Waals surface area contributed by atoms with E-state index in [1.807, 2.05) is 60.7 Å². The van der Waals surface area contributed by atoms with Crippen LogP contribution in [-0.2, 0) is 16.0 Å². The minimum Gasteiger partial charge on any atom is -0.273 e. The molecule has 4 aromatic carbocycles. The van der Waals surface area contributed by atoms with Crippen molar-refractivity contribution in [3.8, 4) is 0 Å². The molecule has 1 saturated heterocycles. The number of nitro benzene ring substituents is 1. The third kappa shape index (κ3) is 4.64. The number of halogens is 1. The predicted molar refractivity (Wildman–Crippen MR) is 143 cm³/mol. The lowest BCUT2D eigenvalue weighted by molar-refractivity contribution is -0.384. The molecule has 1 N–H and O–H groups in total. The zero-order chi connectivity index (χ0) is 26.1. The van der Waals surface area contributed by atoms with Crippen molar-refractivity contribution in [2.45, 2.75) is 6.42 Å². The van der Waals surface area contributed by atoms with Crippen LogP contribution in [0, 0.1) is 10.1 Å². The molecule has 1 aliphatic rings. The van der Waals surface area contributed by atoms with Crippen LogP contribution in [0.5, 0.6) is 0 Å². The number of carbonyl (C=O) groups is 3. The number of rotatable bonds is 5. The average molecular weight is 556 g/mol. The van der Waals surface area contributed by atoms with Gasteiger partial charge in [-0.1, -0.05) is 76.6 Å². The van der Waals surface area contributed by atoms with Crippen LogP contribution in [-0.4, -0.2) is 22.8 Å². The van der Waals surface area contributed by atoms with Gasteiger partial charge in [-0.2, -0.15) is 0 Å². The molecule has 9 heteroatoms. The third-order valence-corrected chi connectivity index (χ3v) is 6.86. The fraction of sp³-hybridized carbons (Fsp3) is 0.0357. The van der Waals surface area contributed by atoms with Gasteiger partial charge < -0.3 is 0 Å². The van der Waals surface area contributed by atoms with Crippen molar-refractivity contribution in [2.24, 2.45) is 0 Å². The number of imide groups is 2. The van der Waals surface area contributed by atoms with Crippen LogP contribution in [0.1, 0.15) is 16.7 Å². The second kappa shape index (κ2) is 9.79. The minimum absolute atomic E-state index is 0.0125. The molecule has 1 heterocycles. The van der Waals surface area contributed by atoms with Crippen LogP contribution in [0.3, 0.4) is 0 Å². The van der Waals surface area contributed by atoms with Gasteiger partial charge in [0, 0.05) is 16.6 Å². The summed E-state index contributed by atoms with van der Waals surface area (Å²) >= 11 is 3.58. The van der Waals surface area contributed by atoms with Crippen molar-refractivity contribution in [3.05, 3.63) is 122 Å². The monoisotopic (exact) mass is 555 g/mol. The molecule has 8 nitrogen and oxygen atoms in total. The standard InChI is InChI=1S/C28H18BrN3O5/c29-25-11-4-2-7-19(25)14-18-13-12-17-6-1-3-10-22(17)23(18)16-24-26(33)30-28(35)31(27(24)34)20-8-5-9-21(15-20)32(36)37/h1-13,15-16H,14H2,(H,30,33,35)/b24-16+. The number of fused-ring (bicyclic) bond motifs is 1. The van der Waals surface area contributed by atoms with E-state index in [2.05, 4.69) is 21.2 Å². The van der Waals surface area contributed by atoms with Crippen molar-refractivity contribution in [2.75, 3.05) is 4.90 Å². The van der Waals surface area contributed by atoms with Gasteiger partial charge in [-0.3, -0.25) is 25.0 Å². The van der Waals surface area contributed by atoms with E-state index in [1.165, 1.54) is 24.3 Å². The maximum absolute atomic E-state index is 13.5. The number of carbonyl (C=O) groups excluding carboxylic acids is 3. The molecule has 4 aromatic rings. The molecular weight excluding hydrogens is 538 g/mol. The summed E-state index contributed by atoms with van der Waals surface area (Å²) in [5, 5.41) is 15.2. The fourth-order valence-electron chi connectivity index (χ4n) is 4.29. The summed E-state index contributed by atoms with van der Waals surface area (Å²) in [6.45, 7) is 0. The van der Waals surface area contributed by atoms with E-state index < -0.39 is 22.8 Å². The lowest BCUT2D eigenvalue weighted by Crippen LogP contribution is -2.54. The molecule has 37 heavy (non-hydrogen) atoms. The highest BCUT2D eigenvalue weighted by Gasteiger charge is 2.37. The van der Waals surface area contributed by atoms with Gasteiger partial charge in [-0.05, 0) is 52.1 Å². The van der Waals surface area contributed by atoms with E-state index in [0.29, 0.717) is 12.0 Å². The number of anilines is 1. The van der Waals surface area contributed by atoms with Crippen molar-refractivity contribution >= 4 is 62.0 Å². The summed E-state index contributed by atoms with van der Waals surface area (Å²) in [6, 6.07) is 23.5. The number of nitrogens with one attached hydrogen (secondary N) is 1. The Kier molecular flexibility index (Phi) is 6.37. The molecular formula is C28H18BrN3O5. The zero-order valence-electron chi connectivity index (χ0n) is 19.2. The van der Waals surface area contributed by atoms with Gasteiger partial charge >= 0.3 is 6.03 Å². The van der Waals surface area contributed by atoms with E-state index in [9.17, 15) is 24.5 Å². The molecule has 0 bridgehead atoms. The van der Waals surface area contributed by atoms with Gasteiger partial charge in [-0.25, -0.2) is 9.69 Å². The highest BCUT2D eigenvalue weighted by molar-refractivity contribution is 9.10. The van der Waals surface area contributed by atoms with Gasteiger partial charge in [0.15, 0.2) is 0 Å². The highest BCUT2D eigenvalue weighted by atomic mass is 79.9. The van der Waals surface area contributed by atoms with Crippen LogP contribution in [0.25, 0.3) is 16.8 Å². The number of urea groups is 1. The van der Waals surface area contributed by atoms with Gasteiger partial charge in [-0.15, -0.1) is 0 Å². The summed E-state index contributed by atoms with van der Waals surface area (Å²) in [5.74, 6) is -1.70. The number of hydrogen-bond acceptors (Lipinski definition) is 5. The number of nitro groups is 1. The van der Waals surface area contributed by atoms with Crippen LogP contribution in [0.4, 0.5) is 16.2 Å². The Hall–Kier alpha value is -4.63. The van der Waals surface area contributed by atoms with E-state index >= 15 is 0 Å². The van der Waals surface area contributed by atoms with Crippen molar-refractivity contribution in [1.29, 1.82) is 0 Å². The summed E-state index contributed by atoms with van der Waals surface area (Å²) in [7, 11) is 0. The quantitative estimate of drug-likeness (QED) is 0.145. The Labute approximate surface area is 219 Å². The summed E-state index contributed by atoms with van der Waals surface area (Å²) in [5.41, 5.74) is 2.01. The Morgan fingerprint density at radius 1 is 0.892 bits per heavy atom. The fourth-order valence-corrected chi connectivity index (χ4v) is 4.72. The SMILES string of the molecule is O=C1NC(=O)N(c2cccc([N+](=O)[O-])c2)C(=O)/C1=C/c1c(Cc2ccccc2Br)ccc2ccccc12. The van der Waals surface area contributed by atoms with Crippen molar-refractivity contribution in [1.82, 2.24) is 5.32 Å². The number of nitrogens with zero attached hydrogens (tertiary/aromatic N) is 2. The summed E-state index contributed by atoms with van der Waals surface area (Å²) in [6.07, 6.45) is 2.01. The molecule has 1 fully saturated rings. The number of hydrogen-bond donors (Lipinski definition) is 1. The molecule has 0 spiro atoms. The normalized spacial score (nSPS) is 14.8. The van der Waals surface area contributed by atoms with Crippen LogP contribution in [0.2, 0.25) is 0 Å². The molecule has 0 saturated carbocycles. The maximum Gasteiger partial charge on any atom is 0.335 e. The van der Waals surface area contributed by atoms with E-state index in [4.69, 9.17) is 0 Å². The average Bonchev–Trinajstić information content (AvgIpc) is 2.88. The largest absolute Gasteiger partial charge is 0.335 e. The first kappa shape index (κ1) is 24.1. The second-order valence-electron chi connectivity index (χ2n) is 8.36. The third-order valence-electron chi connectivity index (χ3n) is 6.09. The molecule has 0 radical (unpaired) electrons. The van der Waals surface area contributed by atoms with Gasteiger partial charge in [0.25, 0.3) is 17.5 Å². The molecule has 0 aliphatic carbocycles. The molecule has 4 amide bonds. The molecule has 5 rings (SSSR count). The molecule has 0 atom stereocenters. The lowest BCUT2D eigenvalue weighted by Gasteiger charge is -2.26. The Morgan fingerprint density at radius 2 is 1.65 bits per heavy atom. The van der Waals surface area contributed by atoms with Crippen molar-refractivity contribution < 1.29 is 19.3 Å². The second-order valence-corrected chi connectivity index (χ2v) is 9.22.